The van der Waals surface area contributed by atoms with Gasteiger partial charge < -0.3 is 29.2 Å². The van der Waals surface area contributed by atoms with Crippen LogP contribution >= 0.6 is 33.2 Å². The smallest absolute Gasteiger partial charge is 0.415 e. The number of H-pyrrole nitrogens is 1. The minimum atomic E-state index is -0.338. The van der Waals surface area contributed by atoms with Crippen LogP contribution in [-0.4, -0.2) is 114 Å². The molecule has 0 unspecified atom stereocenters. The number of carbonyl (C=O) groups is 2. The summed E-state index contributed by atoms with van der Waals surface area (Å²) in [7, 11) is 5.82. The average Bonchev–Trinajstić information content (AvgIpc) is 3.69. The molecule has 5 heterocycles. The first-order valence-corrected chi connectivity index (χ1v) is 19.9. The molecule has 2 amide bonds. The topological polar surface area (TPSA) is 81.3 Å². The van der Waals surface area contributed by atoms with Crippen molar-refractivity contribution >= 4 is 72.6 Å². The summed E-state index contributed by atoms with van der Waals surface area (Å²) in [6.07, 6.45) is 1.95. The average molecular weight is 706 g/mol. The van der Waals surface area contributed by atoms with Gasteiger partial charge in [0.1, 0.15) is 17.2 Å². The SMILES string of the molecule is CN1CCN(C(=O)Oc2cc3c(c4ccccc24)[C@H](CCl)CN3C(=O)c2cc3cc(OCCCN4CCC4)ccc3[nH]2)[C@H]2CSSC[C@H]21. The van der Waals surface area contributed by atoms with E-state index in [1.54, 1.807) is 4.90 Å². The predicted molar refractivity (Wildman–Crippen MR) is 196 cm³/mol. The van der Waals surface area contributed by atoms with Crippen LogP contribution in [-0.2, 0) is 0 Å². The summed E-state index contributed by atoms with van der Waals surface area (Å²) in [5.74, 6) is 3.27. The molecule has 0 aliphatic carbocycles. The number of aromatic amines is 1. The molecular weight excluding hydrogens is 666 g/mol. The van der Waals surface area contributed by atoms with Gasteiger partial charge in [-0.3, -0.25) is 9.69 Å². The molecule has 3 saturated heterocycles. The van der Waals surface area contributed by atoms with E-state index in [2.05, 4.69) is 21.8 Å². The van der Waals surface area contributed by atoms with Gasteiger partial charge in [0, 0.05) is 77.9 Å². The molecule has 0 saturated carbocycles. The summed E-state index contributed by atoms with van der Waals surface area (Å²) >= 11 is 6.55. The van der Waals surface area contributed by atoms with E-state index < -0.39 is 0 Å². The maximum atomic E-state index is 14.2. The first kappa shape index (κ1) is 32.1. The van der Waals surface area contributed by atoms with Crippen molar-refractivity contribution < 1.29 is 19.1 Å². The Balaban J connectivity index is 1.06. The van der Waals surface area contributed by atoms with Crippen molar-refractivity contribution in [2.24, 2.45) is 0 Å². The number of halogens is 1. The Labute approximate surface area is 293 Å². The molecule has 48 heavy (non-hydrogen) atoms. The number of likely N-dealkylation sites (tertiary alicyclic amines) is 1. The third-order valence-electron chi connectivity index (χ3n) is 10.3. The number of hydrogen-bond acceptors (Lipinski definition) is 8. The van der Waals surface area contributed by atoms with Gasteiger partial charge in [0.05, 0.1) is 18.3 Å². The van der Waals surface area contributed by atoms with E-state index in [-0.39, 0.29) is 24.0 Å². The Kier molecular flexibility index (Phi) is 9.15. The Morgan fingerprint density at radius 3 is 2.58 bits per heavy atom. The molecule has 0 spiro atoms. The van der Waals surface area contributed by atoms with Crippen LogP contribution in [0.1, 0.15) is 34.8 Å². The number of piperazine rings is 1. The van der Waals surface area contributed by atoms with Crippen LogP contribution in [0, 0.1) is 0 Å². The summed E-state index contributed by atoms with van der Waals surface area (Å²) in [6, 6.07) is 18.0. The first-order chi connectivity index (χ1) is 23.5. The number of amides is 2. The molecule has 0 radical (unpaired) electrons. The molecule has 1 N–H and O–H groups in total. The number of anilines is 1. The van der Waals surface area contributed by atoms with Crippen LogP contribution in [0.25, 0.3) is 21.7 Å². The molecule has 12 heteroatoms. The van der Waals surface area contributed by atoms with Gasteiger partial charge in [-0.15, -0.1) is 11.6 Å². The normalized spacial score (nSPS) is 22.8. The lowest BCUT2D eigenvalue weighted by Crippen LogP contribution is -2.63. The Hall–Kier alpha value is -3.09. The molecule has 9 nitrogen and oxygen atoms in total. The van der Waals surface area contributed by atoms with Gasteiger partial charge in [-0.05, 0) is 68.2 Å². The van der Waals surface area contributed by atoms with Crippen LogP contribution in [0.15, 0.2) is 54.6 Å². The molecular formula is C36H40ClN5O4S2. The van der Waals surface area contributed by atoms with Crippen molar-refractivity contribution in [1.29, 1.82) is 0 Å². The molecule has 4 aliphatic heterocycles. The number of fused-ring (bicyclic) bond motifs is 5. The van der Waals surface area contributed by atoms with E-state index in [4.69, 9.17) is 21.1 Å². The number of likely N-dealkylation sites (N-methyl/N-ethyl adjacent to an activating group) is 1. The van der Waals surface area contributed by atoms with E-state index in [0.717, 1.165) is 69.7 Å². The number of aromatic nitrogens is 1. The fraction of sp³-hybridized carbons (Fsp3) is 0.444. The number of nitrogens with one attached hydrogen (secondary N) is 1. The third kappa shape index (κ3) is 6.02. The van der Waals surface area contributed by atoms with E-state index in [9.17, 15) is 9.59 Å². The third-order valence-corrected chi connectivity index (χ3v) is 13.1. The highest BCUT2D eigenvalue weighted by molar-refractivity contribution is 8.76. The second-order valence-corrected chi connectivity index (χ2v) is 16.1. The standard InChI is InChI=1S/C36H40ClN5O4S2/c1-39-13-14-41(32-22-48-47-21-31(32)39)36(44)46-33-18-30-34(27-7-3-2-6-26(27)33)24(19-37)20-42(30)35(43)29-17-23-16-25(8-9-28(23)38-29)45-15-5-12-40-10-4-11-40/h2-3,6-9,16-18,24,31-32,38H,4-5,10-15,19-22H2,1H3/t24-,31-,32+/m1/s1. The molecule has 8 rings (SSSR count). The number of alkyl halides is 1. The molecule has 3 atom stereocenters. The van der Waals surface area contributed by atoms with Gasteiger partial charge in [0.15, 0.2) is 0 Å². The predicted octanol–water partition coefficient (Wildman–Crippen LogP) is 6.66. The van der Waals surface area contributed by atoms with Crippen molar-refractivity contribution in [3.63, 3.8) is 0 Å². The summed E-state index contributed by atoms with van der Waals surface area (Å²) in [5, 5.41) is 2.72. The lowest BCUT2D eigenvalue weighted by atomic mass is 9.95. The molecule has 4 aliphatic rings. The number of ether oxygens (including phenoxy) is 2. The minimum absolute atomic E-state index is 0.0592. The van der Waals surface area contributed by atoms with E-state index in [1.165, 1.54) is 19.5 Å². The highest BCUT2D eigenvalue weighted by Gasteiger charge is 2.41. The first-order valence-electron chi connectivity index (χ1n) is 16.8. The van der Waals surface area contributed by atoms with Gasteiger partial charge in [-0.25, -0.2) is 4.79 Å². The van der Waals surface area contributed by atoms with Crippen LogP contribution in [0.3, 0.4) is 0 Å². The summed E-state index contributed by atoms with van der Waals surface area (Å²) < 4.78 is 12.3. The number of rotatable bonds is 8. The largest absolute Gasteiger partial charge is 0.494 e. The lowest BCUT2D eigenvalue weighted by molar-refractivity contribution is 0.0588. The summed E-state index contributed by atoms with van der Waals surface area (Å²) in [5.41, 5.74) is 3.11. The summed E-state index contributed by atoms with van der Waals surface area (Å²) in [6.45, 7) is 5.99. The maximum absolute atomic E-state index is 14.2. The van der Waals surface area contributed by atoms with Crippen molar-refractivity contribution in [3.05, 3.63) is 65.9 Å². The zero-order valence-electron chi connectivity index (χ0n) is 27.0. The lowest BCUT2D eigenvalue weighted by Gasteiger charge is -2.47. The van der Waals surface area contributed by atoms with Crippen LogP contribution < -0.4 is 14.4 Å². The number of benzene rings is 3. The Morgan fingerprint density at radius 1 is 0.979 bits per heavy atom. The minimum Gasteiger partial charge on any atom is -0.494 e. The fourth-order valence-corrected chi connectivity index (χ4v) is 10.5. The van der Waals surface area contributed by atoms with Gasteiger partial charge >= 0.3 is 6.09 Å². The molecule has 1 aromatic heterocycles. The van der Waals surface area contributed by atoms with Crippen molar-refractivity contribution in [2.45, 2.75) is 30.8 Å². The molecule has 252 valence electrons. The van der Waals surface area contributed by atoms with Gasteiger partial charge in [0.2, 0.25) is 0 Å². The molecule has 4 aromatic rings. The molecule has 0 bridgehead atoms. The highest BCUT2D eigenvalue weighted by atomic mass is 35.5. The zero-order valence-corrected chi connectivity index (χ0v) is 29.4. The zero-order chi connectivity index (χ0) is 32.8. The van der Waals surface area contributed by atoms with Gasteiger partial charge in [0.25, 0.3) is 5.91 Å². The molecule has 3 aromatic carbocycles. The number of nitrogens with zero attached hydrogens (tertiary/aromatic N) is 4. The number of carbonyl (C=O) groups excluding carboxylic acids is 2. The second kappa shape index (κ2) is 13.7. The van der Waals surface area contributed by atoms with E-state index >= 15 is 0 Å². The van der Waals surface area contributed by atoms with Crippen LogP contribution in [0.5, 0.6) is 11.5 Å². The quantitative estimate of drug-likeness (QED) is 0.124. The Morgan fingerprint density at radius 2 is 1.79 bits per heavy atom. The Bertz CT molecular complexity index is 1850. The second-order valence-electron chi connectivity index (χ2n) is 13.2. The van der Waals surface area contributed by atoms with E-state index in [0.29, 0.717) is 43.1 Å². The fourth-order valence-electron chi connectivity index (χ4n) is 7.51. The monoisotopic (exact) mass is 705 g/mol. The van der Waals surface area contributed by atoms with Gasteiger partial charge in [-0.2, -0.15) is 0 Å². The van der Waals surface area contributed by atoms with Crippen LogP contribution in [0.2, 0.25) is 0 Å². The van der Waals surface area contributed by atoms with Crippen molar-refractivity contribution in [1.82, 2.24) is 19.7 Å². The van der Waals surface area contributed by atoms with Gasteiger partial charge in [-0.1, -0.05) is 45.9 Å². The van der Waals surface area contributed by atoms with Crippen LogP contribution in [0.4, 0.5) is 10.5 Å². The number of hydrogen-bond donors (Lipinski definition) is 1. The van der Waals surface area contributed by atoms with Crippen molar-refractivity contribution in [2.75, 3.05) is 75.2 Å². The highest BCUT2D eigenvalue weighted by Crippen LogP contribution is 2.46. The molecule has 3 fully saturated rings. The maximum Gasteiger partial charge on any atom is 0.415 e. The summed E-state index contributed by atoms with van der Waals surface area (Å²) in [4.78, 5) is 39.9. The van der Waals surface area contributed by atoms with Crippen molar-refractivity contribution in [3.8, 4) is 11.5 Å². The van der Waals surface area contributed by atoms with E-state index in [1.807, 2.05) is 81.1 Å².